The van der Waals surface area contributed by atoms with Gasteiger partial charge in [-0.15, -0.1) is 0 Å². The fraction of sp³-hybridized carbons (Fsp3) is 0.688. The van der Waals surface area contributed by atoms with E-state index in [1.807, 2.05) is 27.7 Å². The third-order valence-electron chi connectivity index (χ3n) is 7.13. The zero-order valence-electron chi connectivity index (χ0n) is 26.0. The zero-order chi connectivity index (χ0) is 31.2. The molecule has 1 aromatic rings. The number of carbonyl (C=O) groups is 4. The van der Waals surface area contributed by atoms with Gasteiger partial charge < -0.3 is 29.4 Å². The van der Waals surface area contributed by atoms with Gasteiger partial charge in [-0.05, 0) is 88.3 Å². The van der Waals surface area contributed by atoms with E-state index in [1.165, 1.54) is 6.07 Å². The van der Waals surface area contributed by atoms with Gasteiger partial charge in [0.25, 0.3) is 0 Å². The molecule has 1 aromatic carbocycles. The Bertz CT molecular complexity index is 1030. The first-order valence-corrected chi connectivity index (χ1v) is 15.2. The first-order chi connectivity index (χ1) is 19.8. The molecule has 3 atom stereocenters. The van der Waals surface area contributed by atoms with Gasteiger partial charge in [0.15, 0.2) is 11.5 Å². The Balaban J connectivity index is 1.99. The van der Waals surface area contributed by atoms with Crippen molar-refractivity contribution in [2.45, 2.75) is 130 Å². The van der Waals surface area contributed by atoms with Crippen LogP contribution in [-0.2, 0) is 35.0 Å². The molecule has 0 bridgehead atoms. The van der Waals surface area contributed by atoms with E-state index < -0.39 is 42.3 Å². The van der Waals surface area contributed by atoms with Crippen molar-refractivity contribution in [3.05, 3.63) is 23.8 Å². The van der Waals surface area contributed by atoms with Gasteiger partial charge in [0.2, 0.25) is 0 Å². The average Bonchev–Trinajstić information content (AvgIpc) is 2.92. The fourth-order valence-corrected chi connectivity index (χ4v) is 4.30. The molecule has 0 radical (unpaired) electrons. The summed E-state index contributed by atoms with van der Waals surface area (Å²) >= 11 is 0. The maximum atomic E-state index is 12.7. The SMILES string of the molecule is CC(C)CCC(=O)Oc1ccc(C[C@H](N)C(=O)O[C@@H](C)C(C)OC(=O)OC2CCCCC2)cc1OC(=O)CCC(C)C. The minimum Gasteiger partial charge on any atom is -0.458 e. The number of rotatable bonds is 15. The van der Waals surface area contributed by atoms with E-state index >= 15 is 0 Å². The number of benzene rings is 1. The quantitative estimate of drug-likeness (QED) is 0.189. The minimum atomic E-state index is -1.04. The van der Waals surface area contributed by atoms with Gasteiger partial charge in [0.1, 0.15) is 24.4 Å². The lowest BCUT2D eigenvalue weighted by molar-refractivity contribution is -0.156. The van der Waals surface area contributed by atoms with Crippen molar-refractivity contribution >= 4 is 24.1 Å². The molecule has 0 heterocycles. The van der Waals surface area contributed by atoms with E-state index in [-0.39, 0.29) is 36.9 Å². The van der Waals surface area contributed by atoms with Crippen LogP contribution in [0.15, 0.2) is 18.2 Å². The van der Waals surface area contributed by atoms with Crippen LogP contribution in [0.25, 0.3) is 0 Å². The molecule has 1 unspecified atom stereocenters. The molecular weight excluding hydrogens is 542 g/mol. The van der Waals surface area contributed by atoms with Gasteiger partial charge in [-0.25, -0.2) is 4.79 Å². The molecule has 2 N–H and O–H groups in total. The summed E-state index contributed by atoms with van der Waals surface area (Å²) in [5.74, 6) is -0.689. The Morgan fingerprint density at radius 1 is 0.786 bits per heavy atom. The lowest BCUT2D eigenvalue weighted by Gasteiger charge is -2.25. The Labute approximate surface area is 249 Å². The van der Waals surface area contributed by atoms with Crippen molar-refractivity contribution in [3.63, 3.8) is 0 Å². The standard InChI is InChI=1S/C32H49NO9/c1-20(2)12-16-29(34)41-27-15-14-24(19-28(27)42-30(35)17-13-21(3)4)18-26(33)31(36)38-22(5)23(6)39-32(37)40-25-10-8-7-9-11-25/h14-15,19-23,25-26H,7-13,16-18,33H2,1-6H3/t22-,23?,26-/m0/s1. The molecular formula is C32H49NO9. The van der Waals surface area contributed by atoms with Crippen molar-refractivity contribution in [1.29, 1.82) is 0 Å². The summed E-state index contributed by atoms with van der Waals surface area (Å²) in [6.45, 7) is 11.3. The molecule has 1 fully saturated rings. The van der Waals surface area contributed by atoms with Crippen LogP contribution in [0, 0.1) is 11.8 Å². The second kappa shape index (κ2) is 17.7. The second-order valence-electron chi connectivity index (χ2n) is 12.0. The summed E-state index contributed by atoms with van der Waals surface area (Å²) in [4.78, 5) is 49.7. The summed E-state index contributed by atoms with van der Waals surface area (Å²) in [7, 11) is 0. The van der Waals surface area contributed by atoms with E-state index in [4.69, 9.17) is 29.4 Å². The van der Waals surface area contributed by atoms with Crippen LogP contribution in [-0.4, -0.2) is 48.4 Å². The maximum absolute atomic E-state index is 12.7. The fourth-order valence-electron chi connectivity index (χ4n) is 4.30. The highest BCUT2D eigenvalue weighted by molar-refractivity contribution is 5.77. The van der Waals surface area contributed by atoms with Crippen molar-refractivity contribution < 1.29 is 42.9 Å². The van der Waals surface area contributed by atoms with Gasteiger partial charge in [0, 0.05) is 12.8 Å². The first kappa shape index (κ1) is 35.1. The van der Waals surface area contributed by atoms with Crippen LogP contribution in [0.5, 0.6) is 11.5 Å². The lowest BCUT2D eigenvalue weighted by Crippen LogP contribution is -2.39. The summed E-state index contributed by atoms with van der Waals surface area (Å²) in [6.07, 6.45) is 4.25. The summed E-state index contributed by atoms with van der Waals surface area (Å²) < 4.78 is 27.2. The molecule has 1 aliphatic rings. The van der Waals surface area contributed by atoms with Crippen molar-refractivity contribution in [2.75, 3.05) is 0 Å². The molecule has 10 nitrogen and oxygen atoms in total. The Morgan fingerprint density at radius 2 is 1.33 bits per heavy atom. The number of esters is 3. The molecule has 42 heavy (non-hydrogen) atoms. The van der Waals surface area contributed by atoms with Gasteiger partial charge in [-0.2, -0.15) is 0 Å². The number of hydrogen-bond donors (Lipinski definition) is 1. The van der Waals surface area contributed by atoms with Crippen molar-refractivity contribution in [1.82, 2.24) is 0 Å². The molecule has 0 aromatic heterocycles. The highest BCUT2D eigenvalue weighted by Gasteiger charge is 2.27. The van der Waals surface area contributed by atoms with E-state index in [1.54, 1.807) is 26.0 Å². The Kier molecular flexibility index (Phi) is 14.8. The summed E-state index contributed by atoms with van der Waals surface area (Å²) in [5.41, 5.74) is 6.73. The minimum absolute atomic E-state index is 0.0721. The maximum Gasteiger partial charge on any atom is 0.508 e. The highest BCUT2D eigenvalue weighted by atomic mass is 16.7. The van der Waals surface area contributed by atoms with Crippen molar-refractivity contribution in [3.8, 4) is 11.5 Å². The number of nitrogens with two attached hydrogens (primary N) is 1. The third kappa shape index (κ3) is 13.2. The molecule has 0 amide bonds. The average molecular weight is 592 g/mol. The number of hydrogen-bond acceptors (Lipinski definition) is 10. The molecule has 1 aliphatic carbocycles. The first-order valence-electron chi connectivity index (χ1n) is 15.2. The van der Waals surface area contributed by atoms with E-state index in [9.17, 15) is 19.2 Å². The highest BCUT2D eigenvalue weighted by Crippen LogP contribution is 2.30. The monoisotopic (exact) mass is 591 g/mol. The Morgan fingerprint density at radius 3 is 1.90 bits per heavy atom. The molecule has 236 valence electrons. The summed E-state index contributed by atoms with van der Waals surface area (Å²) in [6, 6.07) is 3.68. The van der Waals surface area contributed by atoms with Gasteiger partial charge in [0.05, 0.1) is 0 Å². The molecule has 1 saturated carbocycles. The van der Waals surface area contributed by atoms with Crippen LogP contribution in [0.1, 0.15) is 105 Å². The van der Waals surface area contributed by atoms with Crippen LogP contribution in [0.3, 0.4) is 0 Å². The summed E-state index contributed by atoms with van der Waals surface area (Å²) in [5, 5.41) is 0. The molecule has 2 rings (SSSR count). The van der Waals surface area contributed by atoms with E-state index in [2.05, 4.69) is 0 Å². The van der Waals surface area contributed by atoms with E-state index in [0.717, 1.165) is 32.1 Å². The molecule has 0 saturated heterocycles. The van der Waals surface area contributed by atoms with Crippen LogP contribution >= 0.6 is 0 Å². The number of carbonyl (C=O) groups excluding carboxylic acids is 4. The zero-order valence-corrected chi connectivity index (χ0v) is 26.0. The predicted octanol–water partition coefficient (Wildman–Crippen LogP) is 6.05. The lowest BCUT2D eigenvalue weighted by atomic mass is 9.98. The van der Waals surface area contributed by atoms with Crippen molar-refractivity contribution in [2.24, 2.45) is 17.6 Å². The smallest absolute Gasteiger partial charge is 0.458 e. The van der Waals surface area contributed by atoms with Crippen LogP contribution < -0.4 is 15.2 Å². The van der Waals surface area contributed by atoms with Gasteiger partial charge in [-0.3, -0.25) is 14.4 Å². The Hall–Kier alpha value is -3.14. The van der Waals surface area contributed by atoms with E-state index in [0.29, 0.717) is 30.2 Å². The topological polar surface area (TPSA) is 140 Å². The normalized spacial score (nSPS) is 15.9. The molecule has 0 aliphatic heterocycles. The second-order valence-corrected chi connectivity index (χ2v) is 12.0. The third-order valence-corrected chi connectivity index (χ3v) is 7.13. The van der Waals surface area contributed by atoms with Gasteiger partial charge in [-0.1, -0.05) is 40.2 Å². The largest absolute Gasteiger partial charge is 0.508 e. The van der Waals surface area contributed by atoms with Crippen LogP contribution in [0.4, 0.5) is 4.79 Å². The molecule has 10 heteroatoms. The molecule has 0 spiro atoms. The van der Waals surface area contributed by atoms with Gasteiger partial charge >= 0.3 is 24.1 Å². The predicted molar refractivity (Wildman–Crippen MR) is 157 cm³/mol. The van der Waals surface area contributed by atoms with Crippen LogP contribution in [0.2, 0.25) is 0 Å². The number of ether oxygens (including phenoxy) is 5.